The van der Waals surface area contributed by atoms with Gasteiger partial charge in [0.15, 0.2) is 0 Å². The van der Waals surface area contributed by atoms with Gasteiger partial charge in [0.25, 0.3) is 0 Å². The first-order valence-electron chi connectivity index (χ1n) is 8.79. The molecule has 24 heavy (non-hydrogen) atoms. The Bertz CT molecular complexity index is 725. The number of hydrogen-bond acceptors (Lipinski definition) is 6. The molecular formula is C18H25N5O. The first kappa shape index (κ1) is 15.6. The minimum absolute atomic E-state index is 0.521. The normalized spacial score (nSPS) is 18.9. The Balaban J connectivity index is 1.49. The maximum Gasteiger partial charge on any atom is 0.135 e. The van der Waals surface area contributed by atoms with Crippen molar-refractivity contribution < 1.29 is 4.74 Å². The number of hydrogen-bond donors (Lipinski definition) is 1. The molecule has 1 aromatic heterocycles. The lowest BCUT2D eigenvalue weighted by Gasteiger charge is -2.29. The maximum atomic E-state index is 6.19. The van der Waals surface area contributed by atoms with Gasteiger partial charge in [-0.2, -0.15) is 0 Å². The lowest BCUT2D eigenvalue weighted by Crippen LogP contribution is -2.40. The summed E-state index contributed by atoms with van der Waals surface area (Å²) >= 11 is 0. The van der Waals surface area contributed by atoms with Gasteiger partial charge in [-0.3, -0.25) is 4.90 Å². The van der Waals surface area contributed by atoms with Gasteiger partial charge in [0.2, 0.25) is 0 Å². The summed E-state index contributed by atoms with van der Waals surface area (Å²) in [5, 5.41) is 0.954. The van der Waals surface area contributed by atoms with Gasteiger partial charge in [-0.25, -0.2) is 9.97 Å². The third-order valence-electron chi connectivity index (χ3n) is 4.96. The zero-order valence-corrected chi connectivity index (χ0v) is 14.2. The average Bonchev–Trinajstić information content (AvgIpc) is 3.45. The van der Waals surface area contributed by atoms with Crippen LogP contribution in [0.1, 0.15) is 24.6 Å². The van der Waals surface area contributed by atoms with E-state index < -0.39 is 0 Å². The fraction of sp³-hybridized carbons (Fsp3) is 0.556. The van der Waals surface area contributed by atoms with Crippen LogP contribution in [-0.4, -0.2) is 61.3 Å². The Morgan fingerprint density at radius 3 is 2.79 bits per heavy atom. The van der Waals surface area contributed by atoms with Crippen LogP contribution < -0.4 is 10.6 Å². The molecule has 6 heteroatoms. The Morgan fingerprint density at radius 2 is 2.04 bits per heavy atom. The van der Waals surface area contributed by atoms with Crippen LogP contribution in [0.4, 0.5) is 11.5 Å². The Kier molecular flexibility index (Phi) is 4.24. The SMILES string of the molecule is CN(CCN1CCOCC1)c1ccc2nc(C3CC3)nc(N)c2c1. The monoisotopic (exact) mass is 327 g/mol. The molecule has 2 heterocycles. The molecule has 0 spiro atoms. The van der Waals surface area contributed by atoms with Gasteiger partial charge in [-0.05, 0) is 31.0 Å². The van der Waals surface area contributed by atoms with Gasteiger partial charge in [0, 0.05) is 50.2 Å². The van der Waals surface area contributed by atoms with Crippen molar-refractivity contribution in [3.63, 3.8) is 0 Å². The first-order chi connectivity index (χ1) is 11.7. The number of nitrogens with two attached hydrogens (primary N) is 1. The topological polar surface area (TPSA) is 67.5 Å². The smallest absolute Gasteiger partial charge is 0.135 e. The highest BCUT2D eigenvalue weighted by Gasteiger charge is 2.27. The highest BCUT2D eigenvalue weighted by atomic mass is 16.5. The molecule has 4 rings (SSSR count). The van der Waals surface area contributed by atoms with E-state index in [0.717, 1.165) is 61.8 Å². The van der Waals surface area contributed by atoms with Crippen molar-refractivity contribution in [1.82, 2.24) is 14.9 Å². The lowest BCUT2D eigenvalue weighted by atomic mass is 10.2. The van der Waals surface area contributed by atoms with Crippen molar-refractivity contribution in [2.24, 2.45) is 0 Å². The number of fused-ring (bicyclic) bond motifs is 1. The summed E-state index contributed by atoms with van der Waals surface area (Å²) in [5.74, 6) is 2.03. The zero-order valence-electron chi connectivity index (χ0n) is 14.2. The summed E-state index contributed by atoms with van der Waals surface area (Å²) in [6.45, 7) is 5.76. The van der Waals surface area contributed by atoms with Gasteiger partial charge in [-0.1, -0.05) is 0 Å². The van der Waals surface area contributed by atoms with Crippen LogP contribution in [0.2, 0.25) is 0 Å². The van der Waals surface area contributed by atoms with Gasteiger partial charge in [0.05, 0.1) is 18.7 Å². The van der Waals surface area contributed by atoms with Crippen molar-refractivity contribution in [1.29, 1.82) is 0 Å². The molecule has 1 aliphatic heterocycles. The van der Waals surface area contributed by atoms with Crippen LogP contribution in [0.3, 0.4) is 0 Å². The number of morpholine rings is 1. The molecule has 1 saturated carbocycles. The Hall–Kier alpha value is -1.92. The van der Waals surface area contributed by atoms with E-state index in [9.17, 15) is 0 Å². The quantitative estimate of drug-likeness (QED) is 0.904. The molecule has 0 radical (unpaired) electrons. The van der Waals surface area contributed by atoms with Crippen LogP contribution in [-0.2, 0) is 4.74 Å². The second kappa shape index (κ2) is 6.53. The minimum Gasteiger partial charge on any atom is -0.383 e. The number of benzene rings is 1. The van der Waals surface area contributed by atoms with E-state index in [2.05, 4.69) is 45.0 Å². The molecule has 2 fully saturated rings. The molecule has 2 aromatic rings. The Morgan fingerprint density at radius 1 is 1.25 bits per heavy atom. The predicted octanol–water partition coefficient (Wildman–Crippen LogP) is 1.86. The molecule has 1 aliphatic carbocycles. The Labute approximate surface area is 142 Å². The predicted molar refractivity (Wildman–Crippen MR) is 96.5 cm³/mol. The maximum absolute atomic E-state index is 6.19. The lowest BCUT2D eigenvalue weighted by molar-refractivity contribution is 0.0393. The van der Waals surface area contributed by atoms with E-state index in [4.69, 9.17) is 10.5 Å². The van der Waals surface area contributed by atoms with E-state index in [1.54, 1.807) is 0 Å². The van der Waals surface area contributed by atoms with Gasteiger partial charge in [-0.15, -0.1) is 0 Å². The molecule has 0 unspecified atom stereocenters. The van der Waals surface area contributed by atoms with Crippen LogP contribution in [0.25, 0.3) is 10.9 Å². The molecule has 2 aliphatic rings. The number of nitrogen functional groups attached to an aromatic ring is 1. The van der Waals surface area contributed by atoms with Gasteiger partial charge < -0.3 is 15.4 Å². The fourth-order valence-electron chi connectivity index (χ4n) is 3.17. The molecule has 0 bridgehead atoms. The van der Waals surface area contributed by atoms with Crippen LogP contribution in [0, 0.1) is 0 Å². The average molecular weight is 327 g/mol. The van der Waals surface area contributed by atoms with Gasteiger partial charge in [0.1, 0.15) is 11.6 Å². The molecule has 0 atom stereocenters. The van der Waals surface area contributed by atoms with E-state index in [0.29, 0.717) is 11.7 Å². The number of anilines is 2. The third-order valence-corrected chi connectivity index (χ3v) is 4.96. The largest absolute Gasteiger partial charge is 0.383 e. The van der Waals surface area contributed by atoms with Crippen molar-refractivity contribution >= 4 is 22.4 Å². The third kappa shape index (κ3) is 3.30. The minimum atomic E-state index is 0.521. The zero-order chi connectivity index (χ0) is 16.5. The van der Waals surface area contributed by atoms with Crippen molar-refractivity contribution in [3.8, 4) is 0 Å². The first-order valence-corrected chi connectivity index (χ1v) is 8.79. The standard InChI is InChI=1S/C18H25N5O/c1-22(6-7-23-8-10-24-11-9-23)14-4-5-16-15(12-14)17(19)21-18(20-16)13-2-3-13/h4-5,12-13H,2-3,6-11H2,1H3,(H2,19,20,21). The highest BCUT2D eigenvalue weighted by Crippen LogP contribution is 2.39. The van der Waals surface area contributed by atoms with Crippen LogP contribution >= 0.6 is 0 Å². The number of aromatic nitrogens is 2. The second-order valence-electron chi connectivity index (χ2n) is 6.82. The highest BCUT2D eigenvalue weighted by molar-refractivity contribution is 5.90. The van der Waals surface area contributed by atoms with Crippen molar-refractivity contribution in [2.75, 3.05) is 57.1 Å². The second-order valence-corrected chi connectivity index (χ2v) is 6.82. The van der Waals surface area contributed by atoms with E-state index >= 15 is 0 Å². The fourth-order valence-corrected chi connectivity index (χ4v) is 3.17. The summed E-state index contributed by atoms with van der Waals surface area (Å²) in [7, 11) is 2.12. The summed E-state index contributed by atoms with van der Waals surface area (Å²) in [6, 6.07) is 6.31. The number of ether oxygens (including phenoxy) is 1. The molecule has 1 saturated heterocycles. The molecule has 1 aromatic carbocycles. The van der Waals surface area contributed by atoms with E-state index in [1.807, 2.05) is 0 Å². The van der Waals surface area contributed by atoms with E-state index in [-0.39, 0.29) is 0 Å². The summed E-state index contributed by atoms with van der Waals surface area (Å²) in [4.78, 5) is 13.9. The van der Waals surface area contributed by atoms with Crippen molar-refractivity contribution in [3.05, 3.63) is 24.0 Å². The molecular weight excluding hydrogens is 302 g/mol. The number of nitrogens with zero attached hydrogens (tertiary/aromatic N) is 4. The number of likely N-dealkylation sites (N-methyl/N-ethyl adjacent to an activating group) is 1. The molecule has 0 amide bonds. The van der Waals surface area contributed by atoms with Gasteiger partial charge >= 0.3 is 0 Å². The van der Waals surface area contributed by atoms with Crippen LogP contribution in [0.15, 0.2) is 18.2 Å². The number of rotatable bonds is 5. The summed E-state index contributed by atoms with van der Waals surface area (Å²) < 4.78 is 5.40. The van der Waals surface area contributed by atoms with E-state index in [1.165, 1.54) is 12.8 Å². The molecule has 2 N–H and O–H groups in total. The molecule has 128 valence electrons. The summed E-state index contributed by atoms with van der Waals surface area (Å²) in [5.41, 5.74) is 8.30. The van der Waals surface area contributed by atoms with Crippen molar-refractivity contribution in [2.45, 2.75) is 18.8 Å². The van der Waals surface area contributed by atoms with Crippen LogP contribution in [0.5, 0.6) is 0 Å². The summed E-state index contributed by atoms with van der Waals surface area (Å²) in [6.07, 6.45) is 2.38. The molecule has 6 nitrogen and oxygen atoms in total.